The number of ether oxygens (including phenoxy) is 1. The fourth-order valence-electron chi connectivity index (χ4n) is 1.80. The topological polar surface area (TPSA) is 39.1 Å². The van der Waals surface area contributed by atoms with Crippen LogP contribution in [0, 0.1) is 0 Å². The quantitative estimate of drug-likeness (QED) is 0.898. The second kappa shape index (κ2) is 6.41. The Morgan fingerprint density at radius 3 is 3.05 bits per heavy atom. The van der Waals surface area contributed by atoms with Gasteiger partial charge in [-0.3, -0.25) is 4.57 Å². The minimum atomic E-state index is 0.170. The SMILES string of the molecule is COCC(C)Nc1nccn1-c1cccc(Cl)c1Br. The van der Waals surface area contributed by atoms with Crippen LogP contribution in [0.4, 0.5) is 5.95 Å². The number of hydrogen-bond donors (Lipinski definition) is 1. The van der Waals surface area contributed by atoms with E-state index in [9.17, 15) is 0 Å². The molecule has 0 aliphatic heterocycles. The van der Waals surface area contributed by atoms with E-state index < -0.39 is 0 Å². The summed E-state index contributed by atoms with van der Waals surface area (Å²) in [5.41, 5.74) is 0.942. The van der Waals surface area contributed by atoms with Crippen LogP contribution in [-0.4, -0.2) is 29.3 Å². The van der Waals surface area contributed by atoms with Crippen molar-refractivity contribution in [1.82, 2.24) is 9.55 Å². The van der Waals surface area contributed by atoms with Crippen LogP contribution in [0.25, 0.3) is 5.69 Å². The third-order valence-electron chi connectivity index (χ3n) is 2.62. The van der Waals surface area contributed by atoms with Gasteiger partial charge in [-0.25, -0.2) is 4.98 Å². The molecule has 0 aliphatic rings. The van der Waals surface area contributed by atoms with E-state index in [1.165, 1.54) is 0 Å². The van der Waals surface area contributed by atoms with Crippen LogP contribution >= 0.6 is 27.5 Å². The molecular weight excluding hydrogens is 330 g/mol. The molecule has 0 saturated carbocycles. The highest BCUT2D eigenvalue weighted by Gasteiger charge is 2.11. The standard InChI is InChI=1S/C13H15BrClN3O/c1-9(8-19-2)17-13-16-6-7-18(13)11-5-3-4-10(15)12(11)14/h3-7,9H,8H2,1-2H3,(H,16,17). The van der Waals surface area contributed by atoms with Crippen LogP contribution in [0.2, 0.25) is 5.02 Å². The Bertz CT molecular complexity index is 559. The normalized spacial score (nSPS) is 12.4. The molecule has 0 spiro atoms. The monoisotopic (exact) mass is 343 g/mol. The first kappa shape index (κ1) is 14.4. The van der Waals surface area contributed by atoms with Crippen LogP contribution < -0.4 is 5.32 Å². The maximum Gasteiger partial charge on any atom is 0.207 e. The first-order valence-electron chi connectivity index (χ1n) is 5.86. The summed E-state index contributed by atoms with van der Waals surface area (Å²) in [7, 11) is 1.68. The van der Waals surface area contributed by atoms with Gasteiger partial charge in [-0.1, -0.05) is 17.7 Å². The molecule has 0 radical (unpaired) electrons. The van der Waals surface area contributed by atoms with Gasteiger partial charge < -0.3 is 10.1 Å². The summed E-state index contributed by atoms with van der Waals surface area (Å²) in [6.07, 6.45) is 3.63. The van der Waals surface area contributed by atoms with Crippen LogP contribution in [0.1, 0.15) is 6.92 Å². The Morgan fingerprint density at radius 2 is 2.32 bits per heavy atom. The van der Waals surface area contributed by atoms with Gasteiger partial charge in [0, 0.05) is 25.5 Å². The first-order chi connectivity index (χ1) is 9.13. The van der Waals surface area contributed by atoms with E-state index in [1.807, 2.05) is 35.9 Å². The lowest BCUT2D eigenvalue weighted by molar-refractivity contribution is 0.190. The zero-order valence-electron chi connectivity index (χ0n) is 10.7. The van der Waals surface area contributed by atoms with Crippen LogP contribution in [0.3, 0.4) is 0 Å². The highest BCUT2D eigenvalue weighted by molar-refractivity contribution is 9.10. The van der Waals surface area contributed by atoms with Crippen LogP contribution in [-0.2, 0) is 4.74 Å². The number of methoxy groups -OCH3 is 1. The van der Waals surface area contributed by atoms with E-state index in [0.29, 0.717) is 11.6 Å². The number of nitrogens with one attached hydrogen (secondary N) is 1. The van der Waals surface area contributed by atoms with Gasteiger partial charge in [0.25, 0.3) is 0 Å². The number of anilines is 1. The molecule has 1 aromatic heterocycles. The number of halogens is 2. The van der Waals surface area contributed by atoms with E-state index >= 15 is 0 Å². The maximum absolute atomic E-state index is 6.12. The zero-order valence-corrected chi connectivity index (χ0v) is 13.1. The molecule has 6 heteroatoms. The highest BCUT2D eigenvalue weighted by Crippen LogP contribution is 2.30. The van der Waals surface area contributed by atoms with Gasteiger partial charge in [-0.05, 0) is 35.0 Å². The van der Waals surface area contributed by atoms with Crippen molar-refractivity contribution in [1.29, 1.82) is 0 Å². The summed E-state index contributed by atoms with van der Waals surface area (Å²) < 4.78 is 7.90. The fourth-order valence-corrected chi connectivity index (χ4v) is 2.42. The Morgan fingerprint density at radius 1 is 1.53 bits per heavy atom. The molecule has 0 saturated heterocycles. The van der Waals surface area contributed by atoms with Crippen LogP contribution in [0.5, 0.6) is 0 Å². The van der Waals surface area contributed by atoms with Crippen molar-refractivity contribution < 1.29 is 4.74 Å². The number of benzene rings is 1. The Labute approximate surface area is 125 Å². The first-order valence-corrected chi connectivity index (χ1v) is 7.03. The van der Waals surface area contributed by atoms with Crippen molar-refractivity contribution in [2.45, 2.75) is 13.0 Å². The second-order valence-corrected chi connectivity index (χ2v) is 5.39. The summed E-state index contributed by atoms with van der Waals surface area (Å²) in [6, 6.07) is 5.89. The predicted molar refractivity (Wildman–Crippen MR) is 81.2 cm³/mol. The number of rotatable bonds is 5. The van der Waals surface area contributed by atoms with Gasteiger partial charge in [0.1, 0.15) is 0 Å². The predicted octanol–water partition coefficient (Wildman–Crippen LogP) is 3.74. The van der Waals surface area contributed by atoms with Crippen molar-refractivity contribution in [2.24, 2.45) is 0 Å². The van der Waals surface area contributed by atoms with Crippen molar-refractivity contribution in [3.8, 4) is 5.69 Å². The maximum atomic E-state index is 6.12. The van der Waals surface area contributed by atoms with Gasteiger partial charge in [-0.15, -0.1) is 0 Å². The van der Waals surface area contributed by atoms with Gasteiger partial charge in [0.2, 0.25) is 5.95 Å². The minimum absolute atomic E-state index is 0.170. The highest BCUT2D eigenvalue weighted by atomic mass is 79.9. The lowest BCUT2D eigenvalue weighted by Crippen LogP contribution is -2.22. The zero-order chi connectivity index (χ0) is 13.8. The molecule has 1 heterocycles. The van der Waals surface area contributed by atoms with Crippen molar-refractivity contribution in [3.05, 3.63) is 40.1 Å². The molecular formula is C13H15BrClN3O. The Kier molecular flexibility index (Phi) is 4.85. The van der Waals surface area contributed by atoms with Crippen molar-refractivity contribution in [2.75, 3.05) is 19.0 Å². The van der Waals surface area contributed by atoms with E-state index in [-0.39, 0.29) is 6.04 Å². The lowest BCUT2D eigenvalue weighted by atomic mass is 10.3. The van der Waals surface area contributed by atoms with E-state index in [4.69, 9.17) is 16.3 Å². The molecule has 0 amide bonds. The molecule has 0 fully saturated rings. The van der Waals surface area contributed by atoms with E-state index in [2.05, 4.69) is 26.2 Å². The van der Waals surface area contributed by atoms with Crippen molar-refractivity contribution in [3.63, 3.8) is 0 Å². The third kappa shape index (κ3) is 3.29. The number of imidazole rings is 1. The fraction of sp³-hybridized carbons (Fsp3) is 0.308. The smallest absolute Gasteiger partial charge is 0.207 e. The molecule has 19 heavy (non-hydrogen) atoms. The molecule has 1 N–H and O–H groups in total. The van der Waals surface area contributed by atoms with E-state index in [0.717, 1.165) is 16.1 Å². The Balaban J connectivity index is 2.31. The lowest BCUT2D eigenvalue weighted by Gasteiger charge is -2.16. The largest absolute Gasteiger partial charge is 0.383 e. The summed E-state index contributed by atoms with van der Waals surface area (Å²) in [4.78, 5) is 4.32. The molecule has 2 aromatic rings. The summed E-state index contributed by atoms with van der Waals surface area (Å²) in [6.45, 7) is 2.65. The summed E-state index contributed by atoms with van der Waals surface area (Å²) in [5.74, 6) is 0.757. The Hall–Kier alpha value is -1.04. The molecule has 102 valence electrons. The molecule has 1 atom stereocenters. The molecule has 4 nitrogen and oxygen atoms in total. The minimum Gasteiger partial charge on any atom is -0.383 e. The average molecular weight is 345 g/mol. The molecule has 1 unspecified atom stereocenters. The number of nitrogens with zero attached hydrogens (tertiary/aromatic N) is 2. The van der Waals surface area contributed by atoms with Gasteiger partial charge in [-0.2, -0.15) is 0 Å². The molecule has 0 bridgehead atoms. The number of hydrogen-bond acceptors (Lipinski definition) is 3. The third-order valence-corrected chi connectivity index (χ3v) is 4.00. The molecule has 0 aliphatic carbocycles. The number of aromatic nitrogens is 2. The van der Waals surface area contributed by atoms with Crippen LogP contribution in [0.15, 0.2) is 35.1 Å². The second-order valence-electron chi connectivity index (χ2n) is 4.19. The van der Waals surface area contributed by atoms with Crippen molar-refractivity contribution >= 4 is 33.5 Å². The molecule has 1 aromatic carbocycles. The molecule has 2 rings (SSSR count). The van der Waals surface area contributed by atoms with E-state index in [1.54, 1.807) is 13.3 Å². The average Bonchev–Trinajstić information content (AvgIpc) is 2.81. The van der Waals surface area contributed by atoms with Gasteiger partial charge in [0.05, 0.1) is 21.8 Å². The summed E-state index contributed by atoms with van der Waals surface area (Å²) in [5, 5.41) is 3.97. The summed E-state index contributed by atoms with van der Waals surface area (Å²) >= 11 is 9.62. The van der Waals surface area contributed by atoms with Gasteiger partial charge >= 0.3 is 0 Å². The van der Waals surface area contributed by atoms with Gasteiger partial charge in [0.15, 0.2) is 0 Å².